The van der Waals surface area contributed by atoms with Crippen LogP contribution in [-0.4, -0.2) is 61.1 Å². The molecule has 0 unspecified atom stereocenters. The molecule has 0 aromatic carbocycles. The summed E-state index contributed by atoms with van der Waals surface area (Å²) < 4.78 is 8.72. The number of likely N-dealkylation sites (N-methyl/N-ethyl adjacent to an activating group) is 1. The second kappa shape index (κ2) is 7.82. The van der Waals surface area contributed by atoms with E-state index in [9.17, 15) is 19.2 Å². The van der Waals surface area contributed by atoms with Gasteiger partial charge in [-0.3, -0.25) is 9.59 Å². The highest BCUT2D eigenvalue weighted by molar-refractivity contribution is 5.92. The number of aliphatic carboxylic acids is 1. The fourth-order valence-electron chi connectivity index (χ4n) is 0.786. The molecule has 0 aliphatic carbocycles. The Morgan fingerprint density at radius 3 is 2.22 bits per heavy atom. The summed E-state index contributed by atoms with van der Waals surface area (Å²) in [6.45, 7) is -1.09. The molecule has 0 saturated carbocycles. The third-order valence-electron chi connectivity index (χ3n) is 1.69. The van der Waals surface area contributed by atoms with E-state index in [4.69, 9.17) is 5.11 Å². The van der Waals surface area contributed by atoms with E-state index < -0.39 is 37.0 Å². The molecule has 0 atom stereocenters. The molecular formula is C10H13NO7. The molecule has 0 spiro atoms. The molecule has 1 N–H and O–H groups in total. The largest absolute Gasteiger partial charge is 0.480 e. The summed E-state index contributed by atoms with van der Waals surface area (Å²) in [5.74, 6) is -3.49. The average molecular weight is 259 g/mol. The normalized spacial score (nSPS) is 9.89. The van der Waals surface area contributed by atoms with Crippen LogP contribution < -0.4 is 0 Å². The lowest BCUT2D eigenvalue weighted by Crippen LogP contribution is -2.35. The molecule has 0 heterocycles. The predicted octanol–water partition coefficient (Wildman–Crippen LogP) is -1.20. The Hall–Kier alpha value is -2.38. The van der Waals surface area contributed by atoms with Gasteiger partial charge in [0.25, 0.3) is 5.91 Å². The molecular weight excluding hydrogens is 246 g/mol. The van der Waals surface area contributed by atoms with Crippen molar-refractivity contribution >= 4 is 23.8 Å². The van der Waals surface area contributed by atoms with Crippen molar-refractivity contribution in [3.8, 4) is 0 Å². The number of nitrogens with zero attached hydrogens (tertiary/aromatic N) is 1. The van der Waals surface area contributed by atoms with Crippen molar-refractivity contribution in [2.24, 2.45) is 0 Å². The van der Waals surface area contributed by atoms with E-state index in [1.54, 1.807) is 0 Å². The van der Waals surface area contributed by atoms with Gasteiger partial charge in [-0.25, -0.2) is 9.59 Å². The Bertz CT molecular complexity index is 374. The summed E-state index contributed by atoms with van der Waals surface area (Å²) in [4.78, 5) is 44.1. The van der Waals surface area contributed by atoms with E-state index in [1.165, 1.54) is 7.05 Å². The topological polar surface area (TPSA) is 110 Å². The minimum Gasteiger partial charge on any atom is -0.480 e. The van der Waals surface area contributed by atoms with Gasteiger partial charge < -0.3 is 19.5 Å². The minimum atomic E-state index is -1.18. The van der Waals surface area contributed by atoms with Gasteiger partial charge in [-0.1, -0.05) is 0 Å². The summed E-state index contributed by atoms with van der Waals surface area (Å²) in [7, 11) is 2.40. The summed E-state index contributed by atoms with van der Waals surface area (Å²) in [5.41, 5.74) is 0. The van der Waals surface area contributed by atoms with Gasteiger partial charge in [0.2, 0.25) is 0 Å². The number of carboxylic acids is 1. The quantitative estimate of drug-likeness (QED) is 0.471. The highest BCUT2D eigenvalue weighted by Gasteiger charge is 2.13. The van der Waals surface area contributed by atoms with Gasteiger partial charge in [0.05, 0.1) is 7.11 Å². The molecule has 100 valence electrons. The molecule has 0 radical (unpaired) electrons. The van der Waals surface area contributed by atoms with Crippen molar-refractivity contribution < 1.29 is 33.8 Å². The molecule has 0 fully saturated rings. The van der Waals surface area contributed by atoms with E-state index >= 15 is 0 Å². The van der Waals surface area contributed by atoms with Crippen LogP contribution >= 0.6 is 0 Å². The van der Waals surface area contributed by atoms with Gasteiger partial charge in [0.15, 0.2) is 6.61 Å². The molecule has 0 aliphatic rings. The van der Waals surface area contributed by atoms with Gasteiger partial charge in [-0.15, -0.1) is 0 Å². The maximum absolute atomic E-state index is 11.2. The van der Waals surface area contributed by atoms with Crippen molar-refractivity contribution in [1.82, 2.24) is 4.90 Å². The van der Waals surface area contributed by atoms with Crippen LogP contribution in [0.4, 0.5) is 0 Å². The molecule has 0 rings (SSSR count). The van der Waals surface area contributed by atoms with Gasteiger partial charge in [0.1, 0.15) is 6.54 Å². The van der Waals surface area contributed by atoms with E-state index in [-0.39, 0.29) is 0 Å². The Labute approximate surface area is 103 Å². The minimum absolute atomic E-state index is 0.492. The zero-order valence-electron chi connectivity index (χ0n) is 9.91. The van der Waals surface area contributed by atoms with Crippen molar-refractivity contribution in [2.75, 3.05) is 27.3 Å². The number of carbonyl (C=O) groups excluding carboxylic acids is 3. The maximum atomic E-state index is 11.2. The van der Waals surface area contributed by atoms with E-state index in [0.717, 1.165) is 24.2 Å². The third kappa shape index (κ3) is 6.99. The van der Waals surface area contributed by atoms with Crippen molar-refractivity contribution in [1.29, 1.82) is 0 Å². The zero-order valence-corrected chi connectivity index (χ0v) is 9.91. The van der Waals surface area contributed by atoms with Crippen LogP contribution in [0.15, 0.2) is 12.2 Å². The van der Waals surface area contributed by atoms with Crippen LogP contribution in [0.25, 0.3) is 0 Å². The first kappa shape index (κ1) is 15.6. The number of esters is 2. The van der Waals surface area contributed by atoms with Gasteiger partial charge in [-0.05, 0) is 0 Å². The highest BCUT2D eigenvalue weighted by Crippen LogP contribution is 1.89. The van der Waals surface area contributed by atoms with E-state index in [0.29, 0.717) is 0 Å². The predicted molar refractivity (Wildman–Crippen MR) is 57.4 cm³/mol. The lowest BCUT2D eigenvalue weighted by Gasteiger charge is -2.13. The fourth-order valence-corrected chi connectivity index (χ4v) is 0.786. The van der Waals surface area contributed by atoms with Crippen molar-refractivity contribution in [3.63, 3.8) is 0 Å². The average Bonchev–Trinajstić information content (AvgIpc) is 2.31. The molecule has 0 saturated heterocycles. The SMILES string of the molecule is COC(=O)C=CC(=O)OCC(=O)N(C)CC(=O)O. The van der Waals surface area contributed by atoms with Crippen LogP contribution in [0, 0.1) is 0 Å². The second-order valence-corrected chi connectivity index (χ2v) is 3.11. The van der Waals surface area contributed by atoms with Crippen molar-refractivity contribution in [3.05, 3.63) is 12.2 Å². The molecule has 0 bridgehead atoms. The third-order valence-corrected chi connectivity index (χ3v) is 1.69. The summed E-state index contributed by atoms with van der Waals surface area (Å²) in [6.07, 6.45) is 1.64. The number of carbonyl (C=O) groups is 4. The molecule has 0 aromatic rings. The first-order valence-electron chi connectivity index (χ1n) is 4.75. The monoisotopic (exact) mass is 259 g/mol. The number of rotatable bonds is 6. The fraction of sp³-hybridized carbons (Fsp3) is 0.400. The van der Waals surface area contributed by atoms with Crippen LogP contribution in [0.2, 0.25) is 0 Å². The molecule has 8 nitrogen and oxygen atoms in total. The standard InChI is InChI=1S/C10H13NO7/c1-11(5-8(13)14)7(12)6-18-10(16)4-3-9(15)17-2/h3-4H,5-6H2,1-2H3,(H,13,14). The molecule has 18 heavy (non-hydrogen) atoms. The summed E-state index contributed by atoms with van der Waals surface area (Å²) in [6, 6.07) is 0. The van der Waals surface area contributed by atoms with Crippen LogP contribution in [0.1, 0.15) is 0 Å². The Balaban J connectivity index is 4.06. The first-order chi connectivity index (χ1) is 8.36. The molecule has 0 aliphatic heterocycles. The molecule has 0 aromatic heterocycles. The number of methoxy groups -OCH3 is 1. The molecule has 1 amide bonds. The Morgan fingerprint density at radius 1 is 1.17 bits per heavy atom. The number of amides is 1. The number of ether oxygens (including phenoxy) is 2. The summed E-state index contributed by atoms with van der Waals surface area (Å²) >= 11 is 0. The Kier molecular flexibility index (Phi) is 6.79. The highest BCUT2D eigenvalue weighted by atomic mass is 16.5. The zero-order chi connectivity index (χ0) is 14.1. The Morgan fingerprint density at radius 2 is 1.72 bits per heavy atom. The van der Waals surface area contributed by atoms with Crippen molar-refractivity contribution in [2.45, 2.75) is 0 Å². The van der Waals surface area contributed by atoms with Gasteiger partial charge in [-0.2, -0.15) is 0 Å². The van der Waals surface area contributed by atoms with Crippen LogP contribution in [0.5, 0.6) is 0 Å². The number of hydrogen-bond donors (Lipinski definition) is 1. The lowest BCUT2D eigenvalue weighted by atomic mass is 10.5. The number of carboxylic acid groups (broad SMARTS) is 1. The molecule has 8 heteroatoms. The lowest BCUT2D eigenvalue weighted by molar-refractivity contribution is -0.150. The van der Waals surface area contributed by atoms with E-state index in [1.807, 2.05) is 0 Å². The van der Waals surface area contributed by atoms with Crippen LogP contribution in [-0.2, 0) is 28.7 Å². The van der Waals surface area contributed by atoms with Crippen LogP contribution in [0.3, 0.4) is 0 Å². The van der Waals surface area contributed by atoms with E-state index in [2.05, 4.69) is 9.47 Å². The van der Waals surface area contributed by atoms with Gasteiger partial charge in [0, 0.05) is 19.2 Å². The summed E-state index contributed by atoms with van der Waals surface area (Å²) in [5, 5.41) is 8.42. The first-order valence-corrected chi connectivity index (χ1v) is 4.75. The maximum Gasteiger partial charge on any atom is 0.331 e. The second-order valence-electron chi connectivity index (χ2n) is 3.11. The van der Waals surface area contributed by atoms with Gasteiger partial charge >= 0.3 is 17.9 Å². The smallest absolute Gasteiger partial charge is 0.331 e. The number of hydrogen-bond acceptors (Lipinski definition) is 6.